The Bertz CT molecular complexity index is 4780. The van der Waals surface area contributed by atoms with Gasteiger partial charge in [0.2, 0.25) is 27.2 Å². The van der Waals surface area contributed by atoms with E-state index in [1.165, 1.54) is 55.8 Å². The molecule has 0 spiro atoms. The highest BCUT2D eigenvalue weighted by Crippen LogP contribution is 2.61. The van der Waals surface area contributed by atoms with E-state index in [4.69, 9.17) is 99.0 Å². The first-order chi connectivity index (χ1) is 55.6. The summed E-state index contributed by atoms with van der Waals surface area (Å²) in [5.74, 6) is -12.0. The Kier molecular flexibility index (Phi) is 32.1. The van der Waals surface area contributed by atoms with Gasteiger partial charge in [-0.15, -0.1) is 0 Å². The van der Waals surface area contributed by atoms with Crippen LogP contribution in [-0.2, 0) is 112 Å². The highest BCUT2D eigenvalue weighted by Gasteiger charge is 2.73. The van der Waals surface area contributed by atoms with Crippen LogP contribution in [0.4, 0.5) is 36.7 Å². The molecule has 0 aromatic carbocycles. The maximum atomic E-state index is 16.7. The third-order valence-corrected chi connectivity index (χ3v) is 20.9. The van der Waals surface area contributed by atoms with E-state index in [2.05, 4.69) is 9.47 Å². The molecule has 676 valence electrons. The fourth-order valence-corrected chi connectivity index (χ4v) is 14.8. The Hall–Kier alpha value is -8.82. The average molecular weight is 1780 g/mol. The van der Waals surface area contributed by atoms with E-state index in [-0.39, 0.29) is 0 Å². The summed E-state index contributed by atoms with van der Waals surface area (Å²) in [4.78, 5) is 148. The molecule has 6 fully saturated rings. The van der Waals surface area contributed by atoms with Gasteiger partial charge in [-0.25, -0.2) is 55.9 Å². The molecule has 10 heterocycles. The molecule has 0 radical (unpaired) electrons. The lowest BCUT2D eigenvalue weighted by molar-refractivity contribution is -0.301. The van der Waals surface area contributed by atoms with E-state index in [0.29, 0.717) is 4.57 Å². The van der Waals surface area contributed by atoms with Crippen LogP contribution in [0.2, 0.25) is 0 Å². The fourth-order valence-electron chi connectivity index (χ4n) is 11.9. The second-order valence-electron chi connectivity index (χ2n) is 28.1. The first-order valence-electron chi connectivity index (χ1n) is 35.2. The highest BCUT2D eigenvalue weighted by atomic mass is 31.2. The van der Waals surface area contributed by atoms with Crippen LogP contribution in [0.5, 0.6) is 0 Å². The zero-order valence-corrected chi connectivity index (χ0v) is 67.7. The van der Waals surface area contributed by atoms with Crippen LogP contribution in [0.1, 0.15) is 108 Å². The predicted molar refractivity (Wildman–Crippen MR) is 378 cm³/mol. The third-order valence-electron chi connectivity index (χ3n) is 17.2. The minimum Gasteiger partial charge on any atom is -0.432 e. The zero-order valence-electron chi connectivity index (χ0n) is 65.9. The molecule has 0 saturated carbocycles. The molecule has 120 heavy (non-hydrogen) atoms. The number of ether oxygens (including phenoxy) is 18. The number of carbonyl (C=O) groups is 4. The first-order valence-corrected chi connectivity index (χ1v) is 38.7. The third kappa shape index (κ3) is 23.1. The van der Waals surface area contributed by atoms with E-state index in [9.17, 15) is 101 Å². The molecule has 6 aliphatic heterocycles. The van der Waals surface area contributed by atoms with Crippen LogP contribution < -0.4 is 45.0 Å². The van der Waals surface area contributed by atoms with Gasteiger partial charge in [0.05, 0.1) is 24.4 Å². The van der Waals surface area contributed by atoms with E-state index >= 15 is 8.78 Å². The molecular formula is C64H90F4N8O42P2. The highest BCUT2D eigenvalue weighted by molar-refractivity contribution is 7.54. The molecular weight excluding hydrogens is 1690 g/mol. The summed E-state index contributed by atoms with van der Waals surface area (Å²) < 4.78 is 202. The van der Waals surface area contributed by atoms with Crippen molar-refractivity contribution in [1.29, 1.82) is 0 Å². The molecule has 18 atom stereocenters. The number of hydrogen-bond acceptors (Lipinski definition) is 42. The van der Waals surface area contributed by atoms with Crippen LogP contribution >= 0.6 is 15.2 Å². The molecule has 2 unspecified atom stereocenters. The van der Waals surface area contributed by atoms with Crippen LogP contribution in [0, 0.1) is 0 Å². The Balaban J connectivity index is 0.000000230. The van der Waals surface area contributed by atoms with Gasteiger partial charge in [0, 0.05) is 63.3 Å². The fraction of sp³-hybridized carbons (Fsp3) is 0.688. The van der Waals surface area contributed by atoms with Gasteiger partial charge >= 0.3 is 62.6 Å². The molecule has 0 bridgehead atoms. The van der Waals surface area contributed by atoms with Crippen molar-refractivity contribution in [1.82, 2.24) is 38.2 Å². The Labute approximate surface area is 670 Å². The number of aliphatic hydroxyl groups is 6. The van der Waals surface area contributed by atoms with Gasteiger partial charge in [-0.3, -0.25) is 84.6 Å². The van der Waals surface area contributed by atoms with Gasteiger partial charge < -0.3 is 116 Å². The molecule has 4 aromatic heterocycles. The molecule has 6 aliphatic rings. The number of methoxy groups -OCH3 is 2. The number of hydrogen-bond donors (Lipinski definition) is 10. The van der Waals surface area contributed by atoms with Crippen molar-refractivity contribution >= 4 is 39.8 Å². The predicted octanol–water partition coefficient (Wildman–Crippen LogP) is -0.130. The lowest BCUT2D eigenvalue weighted by atomic mass is 9.95. The molecule has 0 amide bonds. The van der Waals surface area contributed by atoms with E-state index < -0.39 is 270 Å². The lowest BCUT2D eigenvalue weighted by Crippen LogP contribution is -2.49. The first kappa shape index (κ1) is 98.3. The van der Waals surface area contributed by atoms with E-state index in [1.54, 1.807) is 27.7 Å². The maximum Gasteiger partial charge on any atom is 0.510 e. The second kappa shape index (κ2) is 39.1. The van der Waals surface area contributed by atoms with Crippen LogP contribution in [0.15, 0.2) is 87.4 Å². The monoisotopic (exact) mass is 1780 g/mol. The van der Waals surface area contributed by atoms with Crippen LogP contribution in [0.3, 0.4) is 0 Å². The normalized spacial score (nSPS) is 31.1. The van der Waals surface area contributed by atoms with Crippen molar-refractivity contribution in [3.05, 3.63) is 132 Å². The van der Waals surface area contributed by atoms with Gasteiger partial charge in [0.15, 0.2) is 37.1 Å². The number of fused-ring (bicyclic) bond motifs is 2. The van der Waals surface area contributed by atoms with Gasteiger partial charge in [-0.1, -0.05) is 0 Å². The number of H-pyrrole nitrogens is 4. The molecule has 10 rings (SSSR count). The molecule has 6 saturated heterocycles. The zero-order chi connectivity index (χ0) is 90.0. The number of rotatable bonds is 28. The van der Waals surface area contributed by atoms with Crippen molar-refractivity contribution in [2.24, 2.45) is 0 Å². The number of halogens is 4. The summed E-state index contributed by atoms with van der Waals surface area (Å²) in [6.07, 6.45) is -19.6. The number of aromatic nitrogens is 8. The van der Waals surface area contributed by atoms with Crippen molar-refractivity contribution in [2.75, 3.05) is 66.9 Å². The largest absolute Gasteiger partial charge is 0.510 e. The van der Waals surface area contributed by atoms with Gasteiger partial charge in [-0.2, -0.15) is 0 Å². The van der Waals surface area contributed by atoms with Crippen LogP contribution in [-0.4, -0.2) is 268 Å². The number of nitrogens with zero attached hydrogens (tertiary/aromatic N) is 4. The van der Waals surface area contributed by atoms with Gasteiger partial charge in [-0.05, 0) is 83.1 Å². The topological polar surface area (TPSA) is 646 Å². The van der Waals surface area contributed by atoms with Crippen molar-refractivity contribution < 1.29 is 180 Å². The van der Waals surface area contributed by atoms with E-state index in [1.807, 2.05) is 19.9 Å². The van der Waals surface area contributed by atoms with E-state index in [0.717, 1.165) is 76.6 Å². The summed E-state index contributed by atoms with van der Waals surface area (Å²) in [7, 11) is -7.07. The molecule has 10 N–H and O–H groups in total. The quantitative estimate of drug-likeness (QED) is 0.0116. The average Bonchev–Trinajstić information content (AvgIpc) is 1.55. The number of alkyl halides is 4. The minimum atomic E-state index is -4.83. The molecule has 0 aliphatic carbocycles. The minimum absolute atomic E-state index is 0.550. The van der Waals surface area contributed by atoms with Crippen molar-refractivity contribution in [3.63, 3.8) is 0 Å². The smallest absolute Gasteiger partial charge is 0.432 e. The number of carbonyl (C=O) groups excluding carboxylic acids is 4. The number of aromatic amines is 4. The molecule has 56 heteroatoms. The molecule has 50 nitrogen and oxygen atoms in total. The van der Waals surface area contributed by atoms with Gasteiger partial charge in [0.25, 0.3) is 58.6 Å². The maximum absolute atomic E-state index is 16.7. The van der Waals surface area contributed by atoms with Crippen molar-refractivity contribution in [2.45, 2.75) is 216 Å². The van der Waals surface area contributed by atoms with Crippen molar-refractivity contribution in [3.8, 4) is 0 Å². The summed E-state index contributed by atoms with van der Waals surface area (Å²) in [6.45, 7) is 8.01. The molecule has 4 aromatic rings. The van der Waals surface area contributed by atoms with Crippen LogP contribution in [0.25, 0.3) is 0 Å². The summed E-state index contributed by atoms with van der Waals surface area (Å²) in [5.41, 5.74) is -14.5. The Morgan fingerprint density at radius 2 is 0.675 bits per heavy atom. The Morgan fingerprint density at radius 1 is 0.425 bits per heavy atom. The summed E-state index contributed by atoms with van der Waals surface area (Å²) in [6, 6.07) is 3.93. The Morgan fingerprint density at radius 3 is 0.942 bits per heavy atom. The number of aliphatic hydroxyl groups excluding tert-OH is 4. The summed E-state index contributed by atoms with van der Waals surface area (Å²) >= 11 is 0. The standard InChI is InChI=1S/C22H32FN2O15P.C20H30FN2O14P.C12H15FN2O7.C10H13FN2O6/c1-12(2)36-18(28)32-10-34-41(30,35-11-33-19(29)37-13(3)4)9-22(23)15-21(5,40-20(31-6)38-15)16(39-22)25-8-7-14(26)24-17(25)27;1-11(2)35-17(27)31-9-33-38(30,34-10-32-18(28)36-12(3)4)8-20(21)14(25)19(5,29)15(37-20)23-7-6-13(24)22-16(23)26;1-11-7(20-10(19-2)22-11)12(13,5-16)21-8(11)15-4-3-6(17)14-9(15)18;1-9(18)6(16)10(11,4-14)19-7(9)13-3-2-5(15)12-8(13)17/h7-8,12-13,15-16,20H,9-11H2,1-6H3,(H,24,26,27);6-7,11-12,14-15,25,29H,8-10H2,1-5H3,(H,22,24,26);3-4,7-8,10,16H,5H2,1-2H3,(H,14,17,18);2-3,6-7,14,16,18H,4H2,1H3,(H,12,15,17)/t15-,16+,20?,21+,22+;14-,15+,19+,20+;7-,8+,10?,11+,12+;6-,7+,9+,10+/m0000/s1. The van der Waals surface area contributed by atoms with Gasteiger partial charge in [0.1, 0.15) is 60.1 Å². The SMILES string of the molecule is CC(C)OC(=O)OCOP(=O)(C[C@@]1(F)O[C@@H](n2ccc(=O)[nH]c2=O)[C@](C)(O)[C@@H]1O)OCOC(=O)OC(C)C.COC1O[C@H]2[C@@](C)(O1)[C@H](n1ccc(=O)[nH]c1=O)O[C@]2(F)CO.COC1O[C@H]2[C@@](C)(O1)[C@H](n1ccc(=O)[nH]c1=O)O[C@]2(F)CP(=O)(OCOC(=O)OC(C)C)OCOC(=O)OC(C)C.C[C@]1(O)[C@H](n2ccc(=O)[nH]c2=O)O[C@](F)(CO)[C@H]1O. The summed E-state index contributed by atoms with van der Waals surface area (Å²) in [5, 5.41) is 59.2. The number of nitrogens with one attached hydrogen (secondary N) is 4. The lowest BCUT2D eigenvalue weighted by Gasteiger charge is -2.29. The second-order valence-corrected chi connectivity index (χ2v) is 32.2.